The first-order chi connectivity index (χ1) is 16.5. The number of fused-ring (bicyclic) bond motifs is 1. The zero-order valence-electron chi connectivity index (χ0n) is 17.8. The summed E-state index contributed by atoms with van der Waals surface area (Å²) in [6, 6.07) is 21.0. The van der Waals surface area contributed by atoms with Crippen LogP contribution in [0.15, 0.2) is 82.7 Å². The first-order valence-corrected chi connectivity index (χ1v) is 11.4. The molecule has 5 rings (SSSR count). The second-order valence-corrected chi connectivity index (χ2v) is 8.49. The van der Waals surface area contributed by atoms with E-state index in [4.69, 9.17) is 0 Å². The molecule has 34 heavy (non-hydrogen) atoms. The van der Waals surface area contributed by atoms with Crippen molar-refractivity contribution in [3.63, 3.8) is 0 Å². The Morgan fingerprint density at radius 1 is 0.971 bits per heavy atom. The molecule has 0 saturated heterocycles. The fourth-order valence-corrected chi connectivity index (χ4v) is 4.34. The highest BCUT2D eigenvalue weighted by Crippen LogP contribution is 2.24. The van der Waals surface area contributed by atoms with E-state index in [0.29, 0.717) is 39.8 Å². The number of nitrogens with one attached hydrogen (secondary N) is 3. The smallest absolute Gasteiger partial charge is 0.323 e. The van der Waals surface area contributed by atoms with Crippen LogP contribution in [0, 0.1) is 5.82 Å². The minimum Gasteiger partial charge on any atom is -0.325 e. The van der Waals surface area contributed by atoms with Crippen LogP contribution in [0.1, 0.15) is 11.4 Å². The largest absolute Gasteiger partial charge is 0.325 e. The van der Waals surface area contributed by atoms with Crippen molar-refractivity contribution in [1.82, 2.24) is 24.7 Å². The van der Waals surface area contributed by atoms with Gasteiger partial charge in [0.1, 0.15) is 11.6 Å². The standard InChI is InChI=1S/C24H19FN6O2S/c25-16-6-9-18(10-7-16)31-21(12-15-4-2-1-3-5-15)29-30-24(31)34-14-22(32)26-17-8-11-19-20(13-17)28-23(33)27-19/h1-11,13H,12,14H2,(H,26,32)(H2,27,28,33). The number of imidazole rings is 1. The van der Waals surface area contributed by atoms with Crippen LogP contribution in [0.4, 0.5) is 10.1 Å². The molecule has 1 amide bonds. The second-order valence-electron chi connectivity index (χ2n) is 7.55. The lowest BCUT2D eigenvalue weighted by Crippen LogP contribution is -2.14. The average molecular weight is 475 g/mol. The summed E-state index contributed by atoms with van der Waals surface area (Å²) >= 11 is 1.23. The molecule has 2 heterocycles. The van der Waals surface area contributed by atoms with Gasteiger partial charge < -0.3 is 15.3 Å². The summed E-state index contributed by atoms with van der Waals surface area (Å²) in [5.41, 5.74) is 3.30. The molecule has 0 radical (unpaired) electrons. The summed E-state index contributed by atoms with van der Waals surface area (Å²) in [4.78, 5) is 29.4. The number of H-pyrrole nitrogens is 2. The molecule has 3 N–H and O–H groups in total. The maximum absolute atomic E-state index is 13.5. The van der Waals surface area contributed by atoms with Gasteiger partial charge in [0.25, 0.3) is 0 Å². The molecule has 0 aliphatic rings. The van der Waals surface area contributed by atoms with E-state index in [1.54, 1.807) is 30.3 Å². The van der Waals surface area contributed by atoms with Crippen molar-refractivity contribution >= 4 is 34.4 Å². The Balaban J connectivity index is 1.35. The number of hydrogen-bond donors (Lipinski definition) is 3. The van der Waals surface area contributed by atoms with Crippen molar-refractivity contribution in [3.8, 4) is 5.69 Å². The van der Waals surface area contributed by atoms with Crippen molar-refractivity contribution in [1.29, 1.82) is 0 Å². The number of aromatic nitrogens is 5. The molecule has 0 unspecified atom stereocenters. The van der Waals surface area contributed by atoms with Crippen molar-refractivity contribution in [3.05, 3.63) is 100 Å². The molecule has 0 saturated carbocycles. The van der Waals surface area contributed by atoms with E-state index in [9.17, 15) is 14.0 Å². The number of rotatable bonds is 7. The first-order valence-electron chi connectivity index (χ1n) is 10.4. The molecular formula is C24H19FN6O2S. The van der Waals surface area contributed by atoms with Gasteiger partial charge in [0, 0.05) is 17.8 Å². The number of benzene rings is 3. The van der Waals surface area contributed by atoms with Crippen molar-refractivity contribution in [2.24, 2.45) is 0 Å². The van der Waals surface area contributed by atoms with Gasteiger partial charge in [0.2, 0.25) is 5.91 Å². The summed E-state index contributed by atoms with van der Waals surface area (Å²) in [6.45, 7) is 0. The molecule has 170 valence electrons. The zero-order valence-corrected chi connectivity index (χ0v) is 18.6. The van der Waals surface area contributed by atoms with E-state index in [1.807, 2.05) is 34.9 Å². The Morgan fingerprint density at radius 3 is 2.53 bits per heavy atom. The highest BCUT2D eigenvalue weighted by Gasteiger charge is 2.17. The normalized spacial score (nSPS) is 11.1. The van der Waals surface area contributed by atoms with E-state index in [-0.39, 0.29) is 23.2 Å². The molecule has 0 atom stereocenters. The van der Waals surface area contributed by atoms with Crippen molar-refractivity contribution < 1.29 is 9.18 Å². The Morgan fingerprint density at radius 2 is 1.74 bits per heavy atom. The topological polar surface area (TPSA) is 108 Å². The SMILES string of the molecule is O=C(CSc1nnc(Cc2ccccc2)n1-c1ccc(F)cc1)Nc1ccc2[nH]c(=O)[nH]c2c1. The fraction of sp³-hybridized carbons (Fsp3) is 0.0833. The predicted octanol–water partition coefficient (Wildman–Crippen LogP) is 3.90. The average Bonchev–Trinajstić information content (AvgIpc) is 3.40. The molecule has 10 heteroatoms. The third-order valence-corrected chi connectivity index (χ3v) is 6.05. The van der Waals surface area contributed by atoms with Crippen LogP contribution >= 0.6 is 11.8 Å². The number of amides is 1. The van der Waals surface area contributed by atoms with Gasteiger partial charge >= 0.3 is 5.69 Å². The lowest BCUT2D eigenvalue weighted by Gasteiger charge is -2.11. The molecule has 0 aliphatic carbocycles. The Bertz CT molecular complexity index is 1510. The summed E-state index contributed by atoms with van der Waals surface area (Å²) in [6.07, 6.45) is 0.535. The van der Waals surface area contributed by atoms with E-state index >= 15 is 0 Å². The summed E-state index contributed by atoms with van der Waals surface area (Å²) in [7, 11) is 0. The third-order valence-electron chi connectivity index (χ3n) is 5.12. The van der Waals surface area contributed by atoms with Gasteiger partial charge in [-0.15, -0.1) is 10.2 Å². The number of hydrogen-bond acceptors (Lipinski definition) is 5. The monoisotopic (exact) mass is 474 g/mol. The van der Waals surface area contributed by atoms with Crippen LogP contribution < -0.4 is 11.0 Å². The van der Waals surface area contributed by atoms with Crippen LogP contribution in [0.5, 0.6) is 0 Å². The third kappa shape index (κ3) is 4.76. The minimum atomic E-state index is -0.337. The van der Waals surface area contributed by atoms with Crippen LogP contribution in [0.3, 0.4) is 0 Å². The van der Waals surface area contributed by atoms with Gasteiger partial charge in [-0.1, -0.05) is 42.1 Å². The Hall–Kier alpha value is -4.18. The van der Waals surface area contributed by atoms with Crippen molar-refractivity contribution in [2.45, 2.75) is 11.6 Å². The first kappa shape index (κ1) is 21.7. The van der Waals surface area contributed by atoms with Gasteiger partial charge in [-0.2, -0.15) is 0 Å². The van der Waals surface area contributed by atoms with E-state index < -0.39 is 0 Å². The van der Waals surface area contributed by atoms with Gasteiger partial charge in [-0.25, -0.2) is 9.18 Å². The van der Waals surface area contributed by atoms with E-state index in [0.717, 1.165) is 5.56 Å². The van der Waals surface area contributed by atoms with Gasteiger partial charge in [0.05, 0.1) is 16.8 Å². The van der Waals surface area contributed by atoms with Crippen LogP contribution in [-0.4, -0.2) is 36.4 Å². The molecular weight excluding hydrogens is 455 g/mol. The van der Waals surface area contributed by atoms with Gasteiger partial charge in [0.15, 0.2) is 5.16 Å². The van der Waals surface area contributed by atoms with Crippen LogP contribution in [-0.2, 0) is 11.2 Å². The Labute approximate surface area is 197 Å². The number of halogens is 1. The quantitative estimate of drug-likeness (QED) is 0.310. The number of carbonyl (C=O) groups is 1. The van der Waals surface area contributed by atoms with Gasteiger partial charge in [-0.05, 0) is 48.0 Å². The second kappa shape index (κ2) is 9.36. The zero-order chi connectivity index (χ0) is 23.5. The Kier molecular flexibility index (Phi) is 5.96. The molecule has 0 spiro atoms. The lowest BCUT2D eigenvalue weighted by molar-refractivity contribution is -0.113. The predicted molar refractivity (Wildman–Crippen MR) is 129 cm³/mol. The van der Waals surface area contributed by atoms with Crippen LogP contribution in [0.2, 0.25) is 0 Å². The highest BCUT2D eigenvalue weighted by molar-refractivity contribution is 7.99. The minimum absolute atomic E-state index is 0.0896. The molecule has 0 fully saturated rings. The summed E-state index contributed by atoms with van der Waals surface area (Å²) < 4.78 is 15.4. The number of nitrogens with zero attached hydrogens (tertiary/aromatic N) is 3. The summed E-state index contributed by atoms with van der Waals surface area (Å²) in [5, 5.41) is 12.0. The van der Waals surface area contributed by atoms with E-state index in [1.165, 1.54) is 23.9 Å². The lowest BCUT2D eigenvalue weighted by atomic mass is 10.1. The highest BCUT2D eigenvalue weighted by atomic mass is 32.2. The van der Waals surface area contributed by atoms with E-state index in [2.05, 4.69) is 25.5 Å². The number of anilines is 1. The molecule has 0 bridgehead atoms. The number of aromatic amines is 2. The maximum Gasteiger partial charge on any atom is 0.323 e. The molecule has 0 aliphatic heterocycles. The number of thioether (sulfide) groups is 1. The van der Waals surface area contributed by atoms with Gasteiger partial charge in [-0.3, -0.25) is 9.36 Å². The fourth-order valence-electron chi connectivity index (χ4n) is 3.57. The van der Waals surface area contributed by atoms with Crippen LogP contribution in [0.25, 0.3) is 16.7 Å². The molecule has 3 aromatic carbocycles. The maximum atomic E-state index is 13.5. The number of carbonyl (C=O) groups excluding carboxylic acids is 1. The molecule has 5 aromatic rings. The molecule has 2 aromatic heterocycles. The molecule has 8 nitrogen and oxygen atoms in total. The van der Waals surface area contributed by atoms with Crippen molar-refractivity contribution in [2.75, 3.05) is 11.1 Å². The summed E-state index contributed by atoms with van der Waals surface area (Å²) in [5.74, 6) is 0.200.